The van der Waals surface area contributed by atoms with E-state index in [1.807, 2.05) is 19.1 Å². The standard InChI is InChI=1S/C16H17F3N2O3/c1-11-3-2-4-12(9-11)10-13(22)20-6-5-15(23,16(17,18)19)14-21-7-8-24-14/h2-4,7-9,23H,5-6,10H2,1H3,(H,20,22). The lowest BCUT2D eigenvalue weighted by Gasteiger charge is -2.27. The van der Waals surface area contributed by atoms with Gasteiger partial charge < -0.3 is 14.8 Å². The predicted octanol–water partition coefficient (Wildman–Crippen LogP) is 2.48. The van der Waals surface area contributed by atoms with Crippen LogP contribution in [0.25, 0.3) is 0 Å². The number of benzene rings is 1. The molecule has 1 unspecified atom stereocenters. The van der Waals surface area contributed by atoms with Gasteiger partial charge in [0.05, 0.1) is 12.6 Å². The van der Waals surface area contributed by atoms with Crippen molar-refractivity contribution in [3.8, 4) is 0 Å². The quantitative estimate of drug-likeness (QED) is 0.846. The van der Waals surface area contributed by atoms with Crippen LogP contribution in [-0.2, 0) is 16.8 Å². The fraction of sp³-hybridized carbons (Fsp3) is 0.375. The van der Waals surface area contributed by atoms with Crippen LogP contribution in [0.2, 0.25) is 0 Å². The summed E-state index contributed by atoms with van der Waals surface area (Å²) < 4.78 is 44.0. The average Bonchev–Trinajstić information content (AvgIpc) is 3.00. The maximum Gasteiger partial charge on any atom is 0.426 e. The Bertz CT molecular complexity index is 686. The maximum atomic E-state index is 13.1. The Morgan fingerprint density at radius 3 is 2.71 bits per heavy atom. The largest absolute Gasteiger partial charge is 0.446 e. The van der Waals surface area contributed by atoms with Crippen molar-refractivity contribution in [2.75, 3.05) is 6.54 Å². The molecule has 0 saturated heterocycles. The molecule has 8 heteroatoms. The summed E-state index contributed by atoms with van der Waals surface area (Å²) in [6.07, 6.45) is -3.76. The molecule has 0 spiro atoms. The number of rotatable bonds is 6. The first kappa shape index (κ1) is 18.0. The van der Waals surface area contributed by atoms with E-state index >= 15 is 0 Å². The molecular weight excluding hydrogens is 325 g/mol. The van der Waals surface area contributed by atoms with Crippen molar-refractivity contribution in [1.82, 2.24) is 10.3 Å². The molecular formula is C16H17F3N2O3. The van der Waals surface area contributed by atoms with Crippen LogP contribution < -0.4 is 5.32 Å². The second kappa shape index (κ2) is 7.04. The number of aromatic nitrogens is 1. The van der Waals surface area contributed by atoms with E-state index in [0.717, 1.165) is 23.6 Å². The Labute approximate surface area is 136 Å². The zero-order valence-corrected chi connectivity index (χ0v) is 12.9. The Kier molecular flexibility index (Phi) is 5.28. The van der Waals surface area contributed by atoms with Gasteiger partial charge in [0.25, 0.3) is 0 Å². The highest BCUT2D eigenvalue weighted by Gasteiger charge is 2.58. The SMILES string of the molecule is Cc1cccc(CC(=O)NCCC(O)(c2ncco2)C(F)(F)F)c1. The van der Waals surface area contributed by atoms with E-state index in [2.05, 4.69) is 14.7 Å². The number of hydrogen-bond acceptors (Lipinski definition) is 4. The molecule has 1 atom stereocenters. The average molecular weight is 342 g/mol. The monoisotopic (exact) mass is 342 g/mol. The van der Waals surface area contributed by atoms with Crippen molar-refractivity contribution in [3.63, 3.8) is 0 Å². The Hall–Kier alpha value is -2.35. The summed E-state index contributed by atoms with van der Waals surface area (Å²) in [5, 5.41) is 12.3. The van der Waals surface area contributed by atoms with Crippen molar-refractivity contribution in [2.45, 2.75) is 31.5 Å². The molecule has 0 radical (unpaired) electrons. The number of carbonyl (C=O) groups is 1. The first-order valence-electron chi connectivity index (χ1n) is 7.24. The summed E-state index contributed by atoms with van der Waals surface area (Å²) in [6, 6.07) is 7.24. The van der Waals surface area contributed by atoms with Gasteiger partial charge in [0.15, 0.2) is 0 Å². The van der Waals surface area contributed by atoms with Crippen LogP contribution in [0.15, 0.2) is 41.1 Å². The lowest BCUT2D eigenvalue weighted by molar-refractivity contribution is -0.276. The number of nitrogens with zero attached hydrogens (tertiary/aromatic N) is 1. The van der Waals surface area contributed by atoms with E-state index in [1.54, 1.807) is 12.1 Å². The van der Waals surface area contributed by atoms with E-state index in [1.165, 1.54) is 0 Å². The minimum Gasteiger partial charge on any atom is -0.446 e. The molecule has 1 aromatic carbocycles. The molecule has 1 aromatic heterocycles. The Morgan fingerprint density at radius 2 is 2.12 bits per heavy atom. The van der Waals surface area contributed by atoms with E-state index in [9.17, 15) is 23.1 Å². The molecule has 1 amide bonds. The van der Waals surface area contributed by atoms with Gasteiger partial charge >= 0.3 is 6.18 Å². The zero-order chi connectivity index (χ0) is 17.8. The highest BCUT2D eigenvalue weighted by Crippen LogP contribution is 2.40. The van der Waals surface area contributed by atoms with E-state index in [0.29, 0.717) is 0 Å². The molecule has 2 aromatic rings. The predicted molar refractivity (Wildman–Crippen MR) is 79.0 cm³/mol. The van der Waals surface area contributed by atoms with Gasteiger partial charge in [-0.05, 0) is 12.5 Å². The second-order valence-corrected chi connectivity index (χ2v) is 5.46. The second-order valence-electron chi connectivity index (χ2n) is 5.46. The summed E-state index contributed by atoms with van der Waals surface area (Å²) in [5.74, 6) is -1.28. The number of aryl methyl sites for hydroxylation is 1. The van der Waals surface area contributed by atoms with Gasteiger partial charge in [0, 0.05) is 13.0 Å². The highest BCUT2D eigenvalue weighted by molar-refractivity contribution is 5.78. The number of alkyl halides is 3. The minimum absolute atomic E-state index is 0.0468. The van der Waals surface area contributed by atoms with Crippen molar-refractivity contribution < 1.29 is 27.5 Å². The van der Waals surface area contributed by atoms with Crippen LogP contribution in [0.5, 0.6) is 0 Å². The number of amides is 1. The molecule has 2 N–H and O–H groups in total. The molecule has 0 aliphatic heterocycles. The van der Waals surface area contributed by atoms with Gasteiger partial charge in [0.1, 0.15) is 6.26 Å². The van der Waals surface area contributed by atoms with Crippen LogP contribution in [-0.4, -0.2) is 28.7 Å². The summed E-state index contributed by atoms with van der Waals surface area (Å²) in [4.78, 5) is 15.2. The van der Waals surface area contributed by atoms with E-state index < -0.39 is 30.0 Å². The molecule has 24 heavy (non-hydrogen) atoms. The van der Waals surface area contributed by atoms with Crippen LogP contribution in [0, 0.1) is 6.92 Å². The Morgan fingerprint density at radius 1 is 1.38 bits per heavy atom. The van der Waals surface area contributed by atoms with Gasteiger partial charge in [-0.3, -0.25) is 4.79 Å². The lowest BCUT2D eigenvalue weighted by atomic mass is 9.98. The number of halogens is 3. The van der Waals surface area contributed by atoms with E-state index in [-0.39, 0.29) is 13.0 Å². The molecule has 130 valence electrons. The number of oxazole rings is 1. The number of carbonyl (C=O) groups excluding carboxylic acids is 1. The van der Waals surface area contributed by atoms with Crippen LogP contribution in [0.1, 0.15) is 23.4 Å². The molecule has 1 heterocycles. The van der Waals surface area contributed by atoms with Crippen molar-refractivity contribution in [1.29, 1.82) is 0 Å². The fourth-order valence-corrected chi connectivity index (χ4v) is 2.25. The molecule has 0 aliphatic rings. The van der Waals surface area contributed by atoms with E-state index in [4.69, 9.17) is 0 Å². The third-order valence-electron chi connectivity index (χ3n) is 3.51. The van der Waals surface area contributed by atoms with Gasteiger partial charge in [0.2, 0.25) is 17.4 Å². The van der Waals surface area contributed by atoms with Gasteiger partial charge in [-0.1, -0.05) is 29.8 Å². The normalized spacial score (nSPS) is 14.2. The van der Waals surface area contributed by atoms with Crippen LogP contribution in [0.3, 0.4) is 0 Å². The third-order valence-corrected chi connectivity index (χ3v) is 3.51. The van der Waals surface area contributed by atoms with Gasteiger partial charge in [-0.25, -0.2) is 4.98 Å². The van der Waals surface area contributed by atoms with Gasteiger partial charge in [-0.15, -0.1) is 0 Å². The number of nitrogens with one attached hydrogen (secondary N) is 1. The van der Waals surface area contributed by atoms with Crippen molar-refractivity contribution in [2.24, 2.45) is 0 Å². The third kappa shape index (κ3) is 4.14. The summed E-state index contributed by atoms with van der Waals surface area (Å²) in [7, 11) is 0. The summed E-state index contributed by atoms with van der Waals surface area (Å²) in [5.41, 5.74) is -1.51. The molecule has 0 saturated carbocycles. The molecule has 0 bridgehead atoms. The minimum atomic E-state index is -4.97. The summed E-state index contributed by atoms with van der Waals surface area (Å²) >= 11 is 0. The van der Waals surface area contributed by atoms with Gasteiger partial charge in [-0.2, -0.15) is 13.2 Å². The number of hydrogen-bond donors (Lipinski definition) is 2. The molecule has 2 rings (SSSR count). The Balaban J connectivity index is 1.95. The van der Waals surface area contributed by atoms with Crippen LogP contribution >= 0.6 is 0 Å². The molecule has 0 aliphatic carbocycles. The summed E-state index contributed by atoms with van der Waals surface area (Å²) in [6.45, 7) is 1.50. The first-order chi connectivity index (χ1) is 11.2. The smallest absolute Gasteiger partial charge is 0.426 e. The van der Waals surface area contributed by atoms with Crippen molar-refractivity contribution >= 4 is 5.91 Å². The molecule has 5 nitrogen and oxygen atoms in total. The number of aliphatic hydroxyl groups is 1. The topological polar surface area (TPSA) is 75.4 Å². The van der Waals surface area contributed by atoms with Crippen molar-refractivity contribution in [3.05, 3.63) is 53.7 Å². The highest BCUT2D eigenvalue weighted by atomic mass is 19.4. The fourth-order valence-electron chi connectivity index (χ4n) is 2.25. The van der Waals surface area contributed by atoms with Crippen LogP contribution in [0.4, 0.5) is 13.2 Å². The maximum absolute atomic E-state index is 13.1. The molecule has 0 fully saturated rings. The lowest BCUT2D eigenvalue weighted by Crippen LogP contribution is -2.45. The first-order valence-corrected chi connectivity index (χ1v) is 7.24. The zero-order valence-electron chi connectivity index (χ0n) is 12.9.